The fraction of sp³-hybridized carbons (Fsp3) is 0.462. The number of halogens is 1. The Morgan fingerprint density at radius 2 is 2.29 bits per heavy atom. The lowest BCUT2D eigenvalue weighted by atomic mass is 10.3. The van der Waals surface area contributed by atoms with Gasteiger partial charge in [0.15, 0.2) is 4.34 Å². The molecule has 0 fully saturated rings. The third-order valence-corrected chi connectivity index (χ3v) is 5.89. The Kier molecular flexibility index (Phi) is 5.83. The van der Waals surface area contributed by atoms with Gasteiger partial charge in [0.05, 0.1) is 28.0 Å². The lowest BCUT2D eigenvalue weighted by molar-refractivity contribution is -0.136. The second-order valence-electron chi connectivity index (χ2n) is 4.34. The van der Waals surface area contributed by atoms with Crippen molar-refractivity contribution in [3.63, 3.8) is 0 Å². The van der Waals surface area contributed by atoms with Gasteiger partial charge in [-0.2, -0.15) is 5.10 Å². The largest absolute Gasteiger partial charge is 0.481 e. The van der Waals surface area contributed by atoms with Gasteiger partial charge in [-0.1, -0.05) is 18.7 Å². The van der Waals surface area contributed by atoms with Crippen LogP contribution in [-0.4, -0.2) is 25.8 Å². The number of carboxylic acid groups (broad SMARTS) is 1. The number of nitrogens with zero attached hydrogens (tertiary/aromatic N) is 3. The van der Waals surface area contributed by atoms with Crippen molar-refractivity contribution >= 4 is 45.0 Å². The first kappa shape index (κ1) is 16.5. The van der Waals surface area contributed by atoms with Crippen molar-refractivity contribution in [2.24, 2.45) is 0 Å². The second kappa shape index (κ2) is 7.42. The molecule has 114 valence electrons. The number of thiazole rings is 1. The van der Waals surface area contributed by atoms with Crippen LogP contribution >= 0.6 is 39.0 Å². The molecule has 21 heavy (non-hydrogen) atoms. The summed E-state index contributed by atoms with van der Waals surface area (Å²) in [4.78, 5) is 15.0. The molecule has 0 spiro atoms. The van der Waals surface area contributed by atoms with Gasteiger partial charge in [-0.15, -0.1) is 11.3 Å². The van der Waals surface area contributed by atoms with Crippen LogP contribution in [0.25, 0.3) is 0 Å². The number of thioether (sulfide) groups is 1. The molecule has 2 heterocycles. The first-order chi connectivity index (χ1) is 10.0. The molecule has 2 rings (SSSR count). The number of carbonyl (C=O) groups is 1. The number of aryl methyl sites for hydroxylation is 2. The van der Waals surface area contributed by atoms with Crippen LogP contribution in [0.1, 0.15) is 30.9 Å². The van der Waals surface area contributed by atoms with E-state index in [0.717, 1.165) is 38.9 Å². The van der Waals surface area contributed by atoms with E-state index in [-0.39, 0.29) is 6.42 Å². The summed E-state index contributed by atoms with van der Waals surface area (Å²) >= 11 is 6.72. The van der Waals surface area contributed by atoms with Crippen molar-refractivity contribution in [2.45, 2.75) is 43.3 Å². The lowest BCUT2D eigenvalue weighted by Crippen LogP contribution is -2.02. The molecular weight excluding hydrogens is 374 g/mol. The Balaban J connectivity index is 2.07. The van der Waals surface area contributed by atoms with Gasteiger partial charge in [0.1, 0.15) is 0 Å². The molecule has 0 aromatic carbocycles. The summed E-state index contributed by atoms with van der Waals surface area (Å²) in [5.74, 6) is -0.0854. The molecule has 0 aliphatic heterocycles. The Labute approximate surface area is 139 Å². The molecule has 0 saturated carbocycles. The highest BCUT2D eigenvalue weighted by molar-refractivity contribution is 9.10. The number of aliphatic carboxylic acids is 1. The Hall–Kier alpha value is -0.860. The topological polar surface area (TPSA) is 68.0 Å². The monoisotopic (exact) mass is 389 g/mol. The highest BCUT2D eigenvalue weighted by atomic mass is 79.9. The van der Waals surface area contributed by atoms with Crippen molar-refractivity contribution in [1.29, 1.82) is 0 Å². The number of hydrogen-bond donors (Lipinski definition) is 1. The number of carboxylic acids is 1. The molecule has 0 aliphatic carbocycles. The van der Waals surface area contributed by atoms with Crippen molar-refractivity contribution in [1.82, 2.24) is 14.8 Å². The van der Waals surface area contributed by atoms with E-state index in [2.05, 4.69) is 39.9 Å². The van der Waals surface area contributed by atoms with Crippen molar-refractivity contribution in [2.75, 3.05) is 0 Å². The van der Waals surface area contributed by atoms with Gasteiger partial charge >= 0.3 is 5.97 Å². The number of hydrogen-bond acceptors (Lipinski definition) is 5. The van der Waals surface area contributed by atoms with E-state index in [1.807, 2.05) is 4.68 Å². The summed E-state index contributed by atoms with van der Waals surface area (Å²) in [7, 11) is 0. The molecule has 0 unspecified atom stereocenters. The van der Waals surface area contributed by atoms with Crippen LogP contribution in [0.2, 0.25) is 0 Å². The second-order valence-corrected chi connectivity index (χ2v) is 7.21. The normalized spacial score (nSPS) is 11.0. The summed E-state index contributed by atoms with van der Waals surface area (Å²) in [5, 5.41) is 15.1. The first-order valence-corrected chi connectivity index (χ1v) is 9.24. The number of aromatic nitrogens is 3. The Bertz CT molecular complexity index is 639. The fourth-order valence-corrected chi connectivity index (χ4v) is 4.64. The first-order valence-electron chi connectivity index (χ1n) is 6.58. The van der Waals surface area contributed by atoms with Crippen LogP contribution in [0.4, 0.5) is 0 Å². The van der Waals surface area contributed by atoms with E-state index in [1.165, 1.54) is 11.3 Å². The van der Waals surface area contributed by atoms with Crippen LogP contribution in [0, 0.1) is 0 Å². The fourth-order valence-electron chi connectivity index (χ4n) is 1.88. The molecule has 0 radical (unpaired) electrons. The Morgan fingerprint density at radius 1 is 1.52 bits per heavy atom. The van der Waals surface area contributed by atoms with Gasteiger partial charge in [-0.25, -0.2) is 4.98 Å². The highest BCUT2D eigenvalue weighted by Gasteiger charge is 2.15. The van der Waals surface area contributed by atoms with Gasteiger partial charge in [0.2, 0.25) is 0 Å². The van der Waals surface area contributed by atoms with Crippen LogP contribution in [-0.2, 0) is 29.9 Å². The highest BCUT2D eigenvalue weighted by Crippen LogP contribution is 2.31. The van der Waals surface area contributed by atoms with Crippen molar-refractivity contribution in [3.8, 4) is 0 Å². The zero-order valence-electron chi connectivity index (χ0n) is 11.8. The molecular formula is C13H16BrN3O2S2. The van der Waals surface area contributed by atoms with E-state index in [4.69, 9.17) is 5.11 Å². The van der Waals surface area contributed by atoms with Crippen LogP contribution in [0.15, 0.2) is 14.2 Å². The smallest absolute Gasteiger partial charge is 0.309 e. The maximum atomic E-state index is 10.7. The van der Waals surface area contributed by atoms with Crippen LogP contribution < -0.4 is 0 Å². The van der Waals surface area contributed by atoms with Crippen molar-refractivity contribution < 1.29 is 9.90 Å². The zero-order valence-corrected chi connectivity index (χ0v) is 15.0. The lowest BCUT2D eigenvalue weighted by Gasteiger charge is -2.03. The maximum Gasteiger partial charge on any atom is 0.309 e. The molecule has 0 bridgehead atoms. The van der Waals surface area contributed by atoms with Gasteiger partial charge in [0, 0.05) is 17.7 Å². The van der Waals surface area contributed by atoms with E-state index in [1.54, 1.807) is 17.1 Å². The van der Waals surface area contributed by atoms with Crippen LogP contribution in [0.3, 0.4) is 0 Å². The quantitative estimate of drug-likeness (QED) is 0.732. The molecule has 2 aromatic heterocycles. The van der Waals surface area contributed by atoms with E-state index in [9.17, 15) is 4.79 Å². The van der Waals surface area contributed by atoms with E-state index < -0.39 is 5.97 Å². The SMILES string of the molecule is CCc1nn(CC)c(CSc2nc(CC(=O)O)cs2)c1Br. The maximum absolute atomic E-state index is 10.7. The zero-order chi connectivity index (χ0) is 15.4. The third kappa shape index (κ3) is 4.08. The average Bonchev–Trinajstić information content (AvgIpc) is 3.00. The molecule has 2 aromatic rings. The number of rotatable bonds is 7. The van der Waals surface area contributed by atoms with Gasteiger partial charge < -0.3 is 5.11 Å². The Morgan fingerprint density at radius 3 is 2.90 bits per heavy atom. The molecule has 0 amide bonds. The standard InChI is InChI=1S/C13H16BrN3O2S2/c1-3-9-12(14)10(17(4-2)16-9)7-21-13-15-8(6-20-13)5-11(18)19/h6H,3-5,7H2,1-2H3,(H,18,19). The minimum atomic E-state index is -0.851. The predicted octanol–water partition coefficient (Wildman–Crippen LogP) is 3.60. The summed E-state index contributed by atoms with van der Waals surface area (Å²) in [6, 6.07) is 0. The van der Waals surface area contributed by atoms with Gasteiger partial charge in [-0.3, -0.25) is 9.48 Å². The van der Waals surface area contributed by atoms with E-state index in [0.29, 0.717) is 5.69 Å². The minimum Gasteiger partial charge on any atom is -0.481 e. The van der Waals surface area contributed by atoms with Crippen LogP contribution in [0.5, 0.6) is 0 Å². The average molecular weight is 390 g/mol. The summed E-state index contributed by atoms with van der Waals surface area (Å²) < 4.78 is 3.96. The summed E-state index contributed by atoms with van der Waals surface area (Å²) in [5.41, 5.74) is 2.83. The molecule has 0 aliphatic rings. The third-order valence-electron chi connectivity index (χ3n) is 2.89. The summed E-state index contributed by atoms with van der Waals surface area (Å²) in [6.07, 6.45) is 0.874. The minimum absolute atomic E-state index is 0.0202. The molecule has 1 N–H and O–H groups in total. The van der Waals surface area contributed by atoms with Gasteiger partial charge in [0.25, 0.3) is 0 Å². The summed E-state index contributed by atoms with van der Waals surface area (Å²) in [6.45, 7) is 4.99. The van der Waals surface area contributed by atoms with Crippen molar-refractivity contribution in [3.05, 3.63) is 26.9 Å². The molecule has 0 saturated heterocycles. The molecule has 5 nitrogen and oxygen atoms in total. The predicted molar refractivity (Wildman–Crippen MR) is 88.0 cm³/mol. The van der Waals surface area contributed by atoms with Gasteiger partial charge in [-0.05, 0) is 29.3 Å². The molecule has 8 heteroatoms. The molecule has 0 atom stereocenters. The van der Waals surface area contributed by atoms with E-state index >= 15 is 0 Å².